The molecule has 0 aromatic heterocycles. The highest BCUT2D eigenvalue weighted by atomic mass is 79.9. The second-order valence-electron chi connectivity index (χ2n) is 4.53. The van der Waals surface area contributed by atoms with Gasteiger partial charge in [-0.2, -0.15) is 0 Å². The molecule has 1 N–H and O–H groups in total. The van der Waals surface area contributed by atoms with Crippen LogP contribution in [-0.4, -0.2) is 5.75 Å². The molecule has 0 atom stereocenters. The van der Waals surface area contributed by atoms with Gasteiger partial charge in [-0.05, 0) is 36.2 Å². The van der Waals surface area contributed by atoms with Gasteiger partial charge in [0, 0.05) is 27.4 Å². The fraction of sp³-hybridized carbons (Fsp3) is 0.176. The van der Waals surface area contributed by atoms with Crippen LogP contribution in [0.15, 0.2) is 64.5 Å². The van der Waals surface area contributed by atoms with Gasteiger partial charge in [0.15, 0.2) is 0 Å². The quantitative estimate of drug-likeness (QED) is 0.535. The number of thioether (sulfide) groups is 1. The predicted octanol–water partition coefficient (Wildman–Crippen LogP) is 5.65. The molecule has 0 radical (unpaired) electrons. The van der Waals surface area contributed by atoms with Crippen molar-refractivity contribution in [2.24, 2.45) is 0 Å². The summed E-state index contributed by atoms with van der Waals surface area (Å²) in [6.45, 7) is 6.69. The van der Waals surface area contributed by atoms with Crippen LogP contribution in [-0.2, 0) is 6.54 Å². The first kappa shape index (κ1) is 15.2. The molecule has 2 rings (SSSR count). The van der Waals surface area contributed by atoms with Crippen molar-refractivity contribution in [1.82, 2.24) is 0 Å². The van der Waals surface area contributed by atoms with E-state index >= 15 is 0 Å². The van der Waals surface area contributed by atoms with Crippen molar-refractivity contribution in [1.29, 1.82) is 0 Å². The van der Waals surface area contributed by atoms with E-state index in [4.69, 9.17) is 0 Å². The number of nitrogens with one attached hydrogen (secondary N) is 1. The van der Waals surface area contributed by atoms with Gasteiger partial charge in [-0.1, -0.05) is 46.3 Å². The molecule has 0 aliphatic rings. The van der Waals surface area contributed by atoms with Gasteiger partial charge >= 0.3 is 0 Å². The van der Waals surface area contributed by atoms with Crippen molar-refractivity contribution >= 4 is 33.4 Å². The lowest BCUT2D eigenvalue weighted by Crippen LogP contribution is -2.00. The van der Waals surface area contributed by atoms with Crippen molar-refractivity contribution in [3.63, 3.8) is 0 Å². The highest BCUT2D eigenvalue weighted by Crippen LogP contribution is 2.27. The van der Waals surface area contributed by atoms with E-state index in [1.807, 2.05) is 6.08 Å². The molecule has 2 aromatic carbocycles. The first-order valence-electron chi connectivity index (χ1n) is 6.52. The summed E-state index contributed by atoms with van der Waals surface area (Å²) in [5.74, 6) is 0.925. The molecule has 0 bridgehead atoms. The minimum atomic E-state index is 0.824. The number of aryl methyl sites for hydroxylation is 1. The summed E-state index contributed by atoms with van der Waals surface area (Å²) in [4.78, 5) is 1.26. The zero-order valence-corrected chi connectivity index (χ0v) is 13.9. The molecule has 0 aliphatic heterocycles. The third-order valence-corrected chi connectivity index (χ3v) is 4.89. The number of benzene rings is 2. The van der Waals surface area contributed by atoms with Crippen molar-refractivity contribution in [3.8, 4) is 0 Å². The SMILES string of the molecule is C=CCSc1ccccc1NCc1ccc(C)c(Br)c1. The van der Waals surface area contributed by atoms with Crippen LogP contribution in [0.4, 0.5) is 5.69 Å². The molecule has 0 spiro atoms. The highest BCUT2D eigenvalue weighted by Gasteiger charge is 2.02. The Balaban J connectivity index is 2.06. The van der Waals surface area contributed by atoms with Crippen LogP contribution in [0.5, 0.6) is 0 Å². The topological polar surface area (TPSA) is 12.0 Å². The van der Waals surface area contributed by atoms with Crippen LogP contribution in [0.2, 0.25) is 0 Å². The zero-order chi connectivity index (χ0) is 14.4. The normalized spacial score (nSPS) is 10.3. The Morgan fingerprint density at radius 3 is 2.80 bits per heavy atom. The molecule has 0 heterocycles. The van der Waals surface area contributed by atoms with Gasteiger partial charge < -0.3 is 5.32 Å². The fourth-order valence-corrected chi connectivity index (χ4v) is 3.02. The van der Waals surface area contributed by atoms with Crippen molar-refractivity contribution in [2.75, 3.05) is 11.1 Å². The highest BCUT2D eigenvalue weighted by molar-refractivity contribution is 9.10. The molecular weight excluding hydrogens is 330 g/mol. The maximum atomic E-state index is 3.77. The summed E-state index contributed by atoms with van der Waals surface area (Å²) < 4.78 is 1.16. The van der Waals surface area contributed by atoms with Gasteiger partial charge in [-0.15, -0.1) is 18.3 Å². The summed E-state index contributed by atoms with van der Waals surface area (Å²) in [6, 6.07) is 14.9. The van der Waals surface area contributed by atoms with E-state index in [1.54, 1.807) is 11.8 Å². The van der Waals surface area contributed by atoms with Crippen molar-refractivity contribution in [2.45, 2.75) is 18.4 Å². The van der Waals surface area contributed by atoms with Gasteiger partial charge in [0.25, 0.3) is 0 Å². The molecule has 0 fully saturated rings. The van der Waals surface area contributed by atoms with E-state index in [9.17, 15) is 0 Å². The number of para-hydroxylation sites is 1. The van der Waals surface area contributed by atoms with E-state index < -0.39 is 0 Å². The van der Waals surface area contributed by atoms with Crippen LogP contribution in [0.25, 0.3) is 0 Å². The number of halogens is 1. The Bertz CT molecular complexity index is 595. The number of hydrogen-bond acceptors (Lipinski definition) is 2. The van der Waals surface area contributed by atoms with Crippen molar-refractivity contribution in [3.05, 3.63) is 70.7 Å². The molecular formula is C17H18BrNS. The van der Waals surface area contributed by atoms with Crippen LogP contribution in [0, 0.1) is 6.92 Å². The molecule has 20 heavy (non-hydrogen) atoms. The Morgan fingerprint density at radius 1 is 1.25 bits per heavy atom. The van der Waals surface area contributed by atoms with Gasteiger partial charge in [0.05, 0.1) is 0 Å². The second kappa shape index (κ2) is 7.55. The summed E-state index contributed by atoms with van der Waals surface area (Å²) in [6.07, 6.45) is 1.93. The van der Waals surface area contributed by atoms with Crippen LogP contribution in [0.1, 0.15) is 11.1 Å². The first-order chi connectivity index (χ1) is 9.70. The summed E-state index contributed by atoms with van der Waals surface area (Å²) >= 11 is 5.38. The average Bonchev–Trinajstić information content (AvgIpc) is 2.47. The number of rotatable bonds is 6. The van der Waals surface area contributed by atoms with Crippen LogP contribution >= 0.6 is 27.7 Å². The smallest absolute Gasteiger partial charge is 0.0481 e. The van der Waals surface area contributed by atoms with E-state index in [2.05, 4.69) is 77.2 Å². The Morgan fingerprint density at radius 2 is 2.05 bits per heavy atom. The maximum absolute atomic E-state index is 3.77. The van der Waals surface area contributed by atoms with E-state index in [0.717, 1.165) is 16.8 Å². The fourth-order valence-electron chi connectivity index (χ4n) is 1.83. The molecule has 0 amide bonds. The molecule has 0 saturated carbocycles. The lowest BCUT2D eigenvalue weighted by molar-refractivity contribution is 1.12. The predicted molar refractivity (Wildman–Crippen MR) is 93.6 cm³/mol. The second-order valence-corrected chi connectivity index (χ2v) is 6.45. The maximum Gasteiger partial charge on any atom is 0.0481 e. The minimum absolute atomic E-state index is 0.824. The third-order valence-electron chi connectivity index (χ3n) is 2.96. The minimum Gasteiger partial charge on any atom is -0.380 e. The van der Waals surface area contributed by atoms with Crippen LogP contribution in [0.3, 0.4) is 0 Å². The van der Waals surface area contributed by atoms with Gasteiger partial charge in [0.2, 0.25) is 0 Å². The summed E-state index contributed by atoms with van der Waals surface area (Å²) in [5.41, 5.74) is 3.71. The van der Waals surface area contributed by atoms with E-state index in [-0.39, 0.29) is 0 Å². The van der Waals surface area contributed by atoms with Gasteiger partial charge in [-0.3, -0.25) is 0 Å². The molecule has 0 saturated heterocycles. The monoisotopic (exact) mass is 347 g/mol. The van der Waals surface area contributed by atoms with E-state index in [0.29, 0.717) is 0 Å². The number of anilines is 1. The zero-order valence-electron chi connectivity index (χ0n) is 11.5. The number of hydrogen-bond donors (Lipinski definition) is 1. The van der Waals surface area contributed by atoms with Crippen LogP contribution < -0.4 is 5.32 Å². The van der Waals surface area contributed by atoms with Crippen molar-refractivity contribution < 1.29 is 0 Å². The summed E-state index contributed by atoms with van der Waals surface area (Å²) in [5, 5.41) is 3.51. The largest absolute Gasteiger partial charge is 0.380 e. The molecule has 0 aliphatic carbocycles. The standard InChI is InChI=1S/C17H18BrNS/c1-3-10-20-17-7-5-4-6-16(17)19-12-14-9-8-13(2)15(18)11-14/h3-9,11,19H,1,10,12H2,2H3. The molecule has 2 aromatic rings. The Hall–Kier alpha value is -1.19. The molecule has 1 nitrogen and oxygen atoms in total. The van der Waals surface area contributed by atoms with Gasteiger partial charge in [-0.25, -0.2) is 0 Å². The third kappa shape index (κ3) is 4.15. The lowest BCUT2D eigenvalue weighted by Gasteiger charge is -2.12. The molecule has 3 heteroatoms. The first-order valence-corrected chi connectivity index (χ1v) is 8.30. The Labute approximate surface area is 133 Å². The lowest BCUT2D eigenvalue weighted by atomic mass is 10.1. The molecule has 104 valence electrons. The summed E-state index contributed by atoms with van der Waals surface area (Å²) in [7, 11) is 0. The van der Waals surface area contributed by atoms with E-state index in [1.165, 1.54) is 21.7 Å². The average molecular weight is 348 g/mol. The Kier molecular flexibility index (Phi) is 5.74. The van der Waals surface area contributed by atoms with Gasteiger partial charge in [0.1, 0.15) is 0 Å². The molecule has 0 unspecified atom stereocenters.